The van der Waals surface area contributed by atoms with Gasteiger partial charge in [-0.05, 0) is 23.2 Å². The minimum Gasteiger partial charge on any atom is -0.419 e. The standard InChI is InChI=1S/C4H5Cl2NO3/c1-2(8)10-4(5,6)3(7)9/h1H3,(H2,7,9). The number of amides is 1. The van der Waals surface area contributed by atoms with Gasteiger partial charge in [0.05, 0.1) is 0 Å². The quantitative estimate of drug-likeness (QED) is 0.493. The van der Waals surface area contributed by atoms with Crippen molar-refractivity contribution < 1.29 is 14.3 Å². The zero-order valence-electron chi connectivity index (χ0n) is 5.06. The van der Waals surface area contributed by atoms with Crippen molar-refractivity contribution in [1.29, 1.82) is 0 Å². The molecule has 2 N–H and O–H groups in total. The number of carbonyl (C=O) groups is 2. The predicted molar refractivity (Wildman–Crippen MR) is 35.4 cm³/mol. The van der Waals surface area contributed by atoms with Crippen LogP contribution < -0.4 is 5.73 Å². The van der Waals surface area contributed by atoms with E-state index in [-0.39, 0.29) is 0 Å². The van der Waals surface area contributed by atoms with Gasteiger partial charge in [-0.1, -0.05) is 0 Å². The second-order valence-corrected chi connectivity index (χ2v) is 2.73. The smallest absolute Gasteiger partial charge is 0.340 e. The highest BCUT2D eigenvalue weighted by Crippen LogP contribution is 2.21. The summed E-state index contributed by atoms with van der Waals surface area (Å²) in [6.07, 6.45) is 0. The minimum absolute atomic E-state index is 0.774. The zero-order chi connectivity index (χ0) is 8.36. The number of hydrogen-bond donors (Lipinski definition) is 1. The minimum atomic E-state index is -2.24. The van der Waals surface area contributed by atoms with Crippen LogP contribution in [0.2, 0.25) is 0 Å². The van der Waals surface area contributed by atoms with E-state index in [1.165, 1.54) is 0 Å². The van der Waals surface area contributed by atoms with Crippen LogP contribution in [0, 0.1) is 0 Å². The lowest BCUT2D eigenvalue weighted by Gasteiger charge is -2.13. The van der Waals surface area contributed by atoms with Gasteiger partial charge in [0.1, 0.15) is 0 Å². The van der Waals surface area contributed by atoms with Gasteiger partial charge in [-0.3, -0.25) is 9.59 Å². The van der Waals surface area contributed by atoms with E-state index < -0.39 is 16.4 Å². The van der Waals surface area contributed by atoms with E-state index in [0.29, 0.717) is 0 Å². The Morgan fingerprint density at radius 1 is 1.50 bits per heavy atom. The van der Waals surface area contributed by atoms with Crippen molar-refractivity contribution in [3.63, 3.8) is 0 Å². The molecule has 4 nitrogen and oxygen atoms in total. The van der Waals surface area contributed by atoms with E-state index in [1.54, 1.807) is 0 Å². The summed E-state index contributed by atoms with van der Waals surface area (Å²) in [4.78, 5) is 20.4. The molecule has 6 heteroatoms. The molecule has 0 unspecified atom stereocenters. The maximum Gasteiger partial charge on any atom is 0.340 e. The second-order valence-electron chi connectivity index (χ2n) is 1.47. The van der Waals surface area contributed by atoms with Crippen molar-refractivity contribution in [2.24, 2.45) is 5.73 Å². The molecule has 0 aliphatic heterocycles. The van der Waals surface area contributed by atoms with Crippen LogP contribution in [0.25, 0.3) is 0 Å². The fourth-order valence-corrected chi connectivity index (χ4v) is 0.448. The first-order valence-electron chi connectivity index (χ1n) is 2.23. The maximum atomic E-state index is 10.2. The molecule has 1 amide bonds. The Balaban J connectivity index is 4.13. The summed E-state index contributed by atoms with van der Waals surface area (Å²) < 4.78 is 1.87. The molecule has 0 aromatic heterocycles. The van der Waals surface area contributed by atoms with E-state index in [2.05, 4.69) is 10.5 Å². The van der Waals surface area contributed by atoms with Crippen molar-refractivity contribution in [3.05, 3.63) is 0 Å². The molecule has 0 aromatic rings. The highest BCUT2D eigenvalue weighted by Gasteiger charge is 2.34. The second kappa shape index (κ2) is 3.07. The zero-order valence-corrected chi connectivity index (χ0v) is 6.57. The van der Waals surface area contributed by atoms with Crippen molar-refractivity contribution in [2.45, 2.75) is 11.4 Å². The normalized spacial score (nSPS) is 10.7. The lowest BCUT2D eigenvalue weighted by molar-refractivity contribution is -0.150. The molecule has 0 radical (unpaired) electrons. The summed E-state index contributed by atoms with van der Waals surface area (Å²) in [5, 5.41) is 0. The number of halogens is 2. The Bertz CT molecular complexity index is 168. The Labute approximate surface area is 67.2 Å². The van der Waals surface area contributed by atoms with Gasteiger partial charge < -0.3 is 10.5 Å². The SMILES string of the molecule is CC(=O)OC(Cl)(Cl)C(N)=O. The third-order valence-corrected chi connectivity index (χ3v) is 1.09. The van der Waals surface area contributed by atoms with Gasteiger partial charge in [0.2, 0.25) is 0 Å². The monoisotopic (exact) mass is 185 g/mol. The number of ether oxygens (including phenoxy) is 1. The molecule has 0 saturated heterocycles. The molecular weight excluding hydrogens is 181 g/mol. The first kappa shape index (κ1) is 9.52. The predicted octanol–water partition coefficient (Wildman–Crippen LogP) is 0.166. The van der Waals surface area contributed by atoms with Crippen LogP contribution in [0.4, 0.5) is 0 Å². The summed E-state index contributed by atoms with van der Waals surface area (Å²) in [5.41, 5.74) is 4.64. The van der Waals surface area contributed by atoms with E-state index >= 15 is 0 Å². The first-order chi connectivity index (χ1) is 4.36. The molecule has 0 fully saturated rings. The van der Waals surface area contributed by atoms with Crippen LogP contribution in [0.3, 0.4) is 0 Å². The topological polar surface area (TPSA) is 69.4 Å². The number of alkyl halides is 2. The van der Waals surface area contributed by atoms with Crippen molar-refractivity contribution in [2.75, 3.05) is 0 Å². The van der Waals surface area contributed by atoms with E-state index in [0.717, 1.165) is 6.92 Å². The van der Waals surface area contributed by atoms with Crippen LogP contribution >= 0.6 is 23.2 Å². The fourth-order valence-electron chi connectivity index (χ4n) is 0.231. The van der Waals surface area contributed by atoms with E-state index in [4.69, 9.17) is 23.2 Å². The molecule has 0 aliphatic carbocycles. The van der Waals surface area contributed by atoms with Gasteiger partial charge >= 0.3 is 10.5 Å². The molecule has 0 rings (SSSR count). The molecule has 0 aromatic carbocycles. The van der Waals surface area contributed by atoms with Gasteiger partial charge in [0.25, 0.3) is 5.91 Å². The summed E-state index contributed by atoms with van der Waals surface area (Å²) in [6.45, 7) is 1.06. The first-order valence-corrected chi connectivity index (χ1v) is 2.99. The third-order valence-electron chi connectivity index (χ3n) is 0.559. The fraction of sp³-hybridized carbons (Fsp3) is 0.500. The number of rotatable bonds is 2. The van der Waals surface area contributed by atoms with Crippen molar-refractivity contribution in [3.8, 4) is 0 Å². The van der Waals surface area contributed by atoms with Crippen molar-refractivity contribution >= 4 is 35.1 Å². The highest BCUT2D eigenvalue weighted by atomic mass is 35.5. The van der Waals surface area contributed by atoms with Crippen LogP contribution in [-0.4, -0.2) is 16.4 Å². The summed E-state index contributed by atoms with van der Waals surface area (Å²) in [7, 11) is 0. The average molecular weight is 186 g/mol. The third kappa shape index (κ3) is 2.89. The lowest BCUT2D eigenvalue weighted by Crippen LogP contribution is -2.37. The van der Waals surface area contributed by atoms with Crippen LogP contribution in [0.1, 0.15) is 6.92 Å². The van der Waals surface area contributed by atoms with Crippen LogP contribution in [0.5, 0.6) is 0 Å². The maximum absolute atomic E-state index is 10.2. The van der Waals surface area contributed by atoms with Crippen molar-refractivity contribution in [1.82, 2.24) is 0 Å². The molecule has 10 heavy (non-hydrogen) atoms. The Morgan fingerprint density at radius 2 is 1.90 bits per heavy atom. The molecule has 0 atom stereocenters. The Kier molecular flexibility index (Phi) is 2.93. The number of primary amides is 1. The van der Waals surface area contributed by atoms with Gasteiger partial charge in [0.15, 0.2) is 0 Å². The molecule has 0 spiro atoms. The summed E-state index contributed by atoms with van der Waals surface area (Å²) in [5.74, 6) is -1.89. The average Bonchev–Trinajstić information content (AvgIpc) is 1.60. The lowest BCUT2D eigenvalue weighted by atomic mass is 10.6. The Morgan fingerprint density at radius 3 is 2.00 bits per heavy atom. The molecular formula is C4H5Cl2NO3. The van der Waals surface area contributed by atoms with E-state index in [9.17, 15) is 9.59 Å². The van der Waals surface area contributed by atoms with Gasteiger partial charge in [-0.25, -0.2) is 0 Å². The molecule has 0 saturated carbocycles. The summed E-state index contributed by atoms with van der Waals surface area (Å²) >= 11 is 10.2. The number of nitrogens with two attached hydrogens (primary N) is 1. The molecule has 0 heterocycles. The van der Waals surface area contributed by atoms with Gasteiger partial charge in [-0.15, -0.1) is 0 Å². The van der Waals surface area contributed by atoms with Gasteiger partial charge in [0, 0.05) is 6.92 Å². The highest BCUT2D eigenvalue weighted by molar-refractivity contribution is 6.57. The molecule has 0 aliphatic rings. The Hall–Kier alpha value is -0.480. The van der Waals surface area contributed by atoms with Crippen LogP contribution in [-0.2, 0) is 14.3 Å². The largest absolute Gasteiger partial charge is 0.419 e. The summed E-state index contributed by atoms with van der Waals surface area (Å²) in [6, 6.07) is 0. The van der Waals surface area contributed by atoms with E-state index in [1.807, 2.05) is 0 Å². The molecule has 58 valence electrons. The number of carbonyl (C=O) groups excluding carboxylic acids is 2. The van der Waals surface area contributed by atoms with Gasteiger partial charge in [-0.2, -0.15) is 0 Å². The van der Waals surface area contributed by atoms with Crippen LogP contribution in [0.15, 0.2) is 0 Å². The molecule has 0 bridgehead atoms. The number of esters is 1. The number of hydrogen-bond acceptors (Lipinski definition) is 3.